The second-order valence-corrected chi connectivity index (χ2v) is 5.78. The lowest BCUT2D eigenvalue weighted by molar-refractivity contribution is -0.384. The highest BCUT2D eigenvalue weighted by molar-refractivity contribution is 14.1. The van der Waals surface area contributed by atoms with Gasteiger partial charge >= 0.3 is 0 Å². The van der Waals surface area contributed by atoms with E-state index < -0.39 is 10.7 Å². The van der Waals surface area contributed by atoms with Gasteiger partial charge in [0.1, 0.15) is 11.5 Å². The third-order valence-corrected chi connectivity index (χ3v) is 4.10. The van der Waals surface area contributed by atoms with Crippen molar-refractivity contribution in [2.24, 2.45) is 5.92 Å². The van der Waals surface area contributed by atoms with Crippen LogP contribution in [0.4, 0.5) is 15.8 Å². The SMILES string of the molecule is O=[N+]([O-])c1cc(I)c(F)cc1NCC1CCNCC1. The van der Waals surface area contributed by atoms with Gasteiger partial charge in [-0.25, -0.2) is 4.39 Å². The molecule has 2 rings (SSSR count). The van der Waals surface area contributed by atoms with Crippen molar-refractivity contribution in [1.29, 1.82) is 0 Å². The van der Waals surface area contributed by atoms with Gasteiger partial charge in [-0.2, -0.15) is 0 Å². The first kappa shape index (κ1) is 14.4. The van der Waals surface area contributed by atoms with Crippen molar-refractivity contribution in [2.75, 3.05) is 25.0 Å². The minimum absolute atomic E-state index is 0.0697. The average Bonchev–Trinajstić information content (AvgIpc) is 2.40. The molecule has 0 saturated carbocycles. The van der Waals surface area contributed by atoms with Crippen LogP contribution in [0.15, 0.2) is 12.1 Å². The van der Waals surface area contributed by atoms with Gasteiger partial charge in [-0.3, -0.25) is 10.1 Å². The highest BCUT2D eigenvalue weighted by atomic mass is 127. The highest BCUT2D eigenvalue weighted by Gasteiger charge is 2.19. The molecule has 7 heteroatoms. The number of nitro groups is 1. The molecule has 0 aromatic heterocycles. The monoisotopic (exact) mass is 379 g/mol. The van der Waals surface area contributed by atoms with Crippen molar-refractivity contribution in [3.8, 4) is 0 Å². The van der Waals surface area contributed by atoms with Crippen molar-refractivity contribution in [3.05, 3.63) is 31.6 Å². The number of piperidine rings is 1. The van der Waals surface area contributed by atoms with Crippen molar-refractivity contribution in [3.63, 3.8) is 0 Å². The summed E-state index contributed by atoms with van der Waals surface area (Å²) < 4.78 is 13.8. The van der Waals surface area contributed by atoms with Crippen LogP contribution >= 0.6 is 22.6 Å². The fourth-order valence-corrected chi connectivity index (χ4v) is 2.62. The number of halogens is 2. The first-order valence-electron chi connectivity index (χ1n) is 6.16. The van der Waals surface area contributed by atoms with E-state index in [4.69, 9.17) is 0 Å². The van der Waals surface area contributed by atoms with Crippen molar-refractivity contribution < 1.29 is 9.31 Å². The van der Waals surface area contributed by atoms with Gasteiger partial charge in [0, 0.05) is 18.7 Å². The number of benzene rings is 1. The van der Waals surface area contributed by atoms with Crippen LogP contribution in [0.25, 0.3) is 0 Å². The molecule has 2 N–H and O–H groups in total. The third kappa shape index (κ3) is 3.75. The van der Waals surface area contributed by atoms with Gasteiger partial charge < -0.3 is 10.6 Å². The van der Waals surface area contributed by atoms with Crippen LogP contribution in [0.5, 0.6) is 0 Å². The Hall–Kier alpha value is -0.960. The molecule has 1 heterocycles. The van der Waals surface area contributed by atoms with E-state index >= 15 is 0 Å². The normalized spacial score (nSPS) is 16.3. The molecule has 0 radical (unpaired) electrons. The Morgan fingerprint density at radius 1 is 1.47 bits per heavy atom. The molecule has 19 heavy (non-hydrogen) atoms. The number of rotatable bonds is 4. The van der Waals surface area contributed by atoms with Crippen LogP contribution in [0, 0.1) is 25.4 Å². The summed E-state index contributed by atoms with van der Waals surface area (Å²) in [5.41, 5.74) is 0.196. The second-order valence-electron chi connectivity index (χ2n) is 4.61. The molecule has 0 unspecified atom stereocenters. The molecule has 1 aliphatic rings. The van der Waals surface area contributed by atoms with E-state index in [1.165, 1.54) is 12.1 Å². The lowest BCUT2D eigenvalue weighted by Gasteiger charge is -2.23. The van der Waals surface area contributed by atoms with E-state index in [9.17, 15) is 14.5 Å². The van der Waals surface area contributed by atoms with Gasteiger partial charge in [0.05, 0.1) is 8.49 Å². The van der Waals surface area contributed by atoms with Gasteiger partial charge in [0.25, 0.3) is 5.69 Å². The fraction of sp³-hybridized carbons (Fsp3) is 0.500. The highest BCUT2D eigenvalue weighted by Crippen LogP contribution is 2.29. The molecule has 1 aliphatic heterocycles. The number of hydrogen-bond donors (Lipinski definition) is 2. The topological polar surface area (TPSA) is 67.2 Å². The Bertz CT molecular complexity index is 478. The lowest BCUT2D eigenvalue weighted by atomic mass is 9.98. The number of hydrogen-bond acceptors (Lipinski definition) is 4. The summed E-state index contributed by atoms with van der Waals surface area (Å²) in [5.74, 6) is 0.0437. The second kappa shape index (κ2) is 6.47. The molecule has 1 aromatic carbocycles. The minimum atomic E-state index is -0.480. The van der Waals surface area contributed by atoms with Gasteiger partial charge in [0.2, 0.25) is 0 Å². The number of nitrogens with zero attached hydrogens (tertiary/aromatic N) is 1. The third-order valence-electron chi connectivity index (χ3n) is 3.28. The molecule has 5 nitrogen and oxygen atoms in total. The molecule has 0 aliphatic carbocycles. The molecule has 1 aromatic rings. The zero-order chi connectivity index (χ0) is 13.8. The van der Waals surface area contributed by atoms with E-state index in [0.717, 1.165) is 25.9 Å². The quantitative estimate of drug-likeness (QED) is 0.480. The van der Waals surface area contributed by atoms with Crippen LogP contribution in [0.2, 0.25) is 0 Å². The summed E-state index contributed by atoms with van der Waals surface area (Å²) in [4.78, 5) is 10.5. The van der Waals surface area contributed by atoms with E-state index in [-0.39, 0.29) is 14.9 Å². The first-order chi connectivity index (χ1) is 9.08. The van der Waals surface area contributed by atoms with Gasteiger partial charge in [0.15, 0.2) is 0 Å². The summed E-state index contributed by atoms with van der Waals surface area (Å²) in [6, 6.07) is 2.47. The zero-order valence-electron chi connectivity index (χ0n) is 10.3. The van der Waals surface area contributed by atoms with Crippen molar-refractivity contribution >= 4 is 34.0 Å². The molecule has 0 amide bonds. The molecule has 0 bridgehead atoms. The fourth-order valence-electron chi connectivity index (χ4n) is 2.17. The number of nitro benzene ring substituents is 1. The smallest absolute Gasteiger partial charge is 0.293 e. The van der Waals surface area contributed by atoms with E-state index in [1.807, 2.05) is 0 Å². The standard InChI is InChI=1S/C12H15FIN3O2/c13-9-5-11(12(17(18)19)6-10(9)14)16-7-8-1-3-15-4-2-8/h5-6,8,15-16H,1-4,7H2. The summed E-state index contributed by atoms with van der Waals surface area (Å²) in [7, 11) is 0. The molecule has 0 spiro atoms. The maximum Gasteiger partial charge on any atom is 0.293 e. The lowest BCUT2D eigenvalue weighted by Crippen LogP contribution is -2.31. The number of nitrogens with one attached hydrogen (secondary N) is 2. The van der Waals surface area contributed by atoms with Crippen LogP contribution in [-0.4, -0.2) is 24.6 Å². The Kier molecular flexibility index (Phi) is 4.92. The van der Waals surface area contributed by atoms with Crippen molar-refractivity contribution in [1.82, 2.24) is 5.32 Å². The summed E-state index contributed by atoms with van der Waals surface area (Å²) in [6.45, 7) is 2.58. The number of anilines is 1. The van der Waals surface area contributed by atoms with Gasteiger partial charge in [-0.1, -0.05) is 0 Å². The molecule has 1 saturated heterocycles. The maximum atomic E-state index is 13.5. The van der Waals surface area contributed by atoms with Crippen molar-refractivity contribution in [2.45, 2.75) is 12.8 Å². The zero-order valence-corrected chi connectivity index (χ0v) is 12.4. The maximum absolute atomic E-state index is 13.5. The minimum Gasteiger partial charge on any atom is -0.379 e. The van der Waals surface area contributed by atoms with Crippen LogP contribution in [0.3, 0.4) is 0 Å². The van der Waals surface area contributed by atoms with Crippen LogP contribution in [0.1, 0.15) is 12.8 Å². The Morgan fingerprint density at radius 3 is 2.79 bits per heavy atom. The summed E-state index contributed by atoms with van der Waals surface area (Å²) in [6.07, 6.45) is 2.07. The average molecular weight is 379 g/mol. The van der Waals surface area contributed by atoms with Gasteiger partial charge in [-0.05, 0) is 54.4 Å². The van der Waals surface area contributed by atoms with E-state index in [1.54, 1.807) is 22.6 Å². The van der Waals surface area contributed by atoms with E-state index in [0.29, 0.717) is 12.5 Å². The summed E-state index contributed by atoms with van der Waals surface area (Å²) in [5, 5.41) is 17.2. The molecular weight excluding hydrogens is 364 g/mol. The molecule has 1 fully saturated rings. The van der Waals surface area contributed by atoms with Gasteiger partial charge in [-0.15, -0.1) is 0 Å². The summed E-state index contributed by atoms with van der Waals surface area (Å²) >= 11 is 1.76. The Labute approximate surface area is 124 Å². The Balaban J connectivity index is 2.09. The molecular formula is C12H15FIN3O2. The first-order valence-corrected chi connectivity index (χ1v) is 7.24. The van der Waals surface area contributed by atoms with Crippen LogP contribution < -0.4 is 10.6 Å². The van der Waals surface area contributed by atoms with Crippen LogP contribution in [-0.2, 0) is 0 Å². The van der Waals surface area contributed by atoms with E-state index in [2.05, 4.69) is 10.6 Å². The predicted molar refractivity (Wildman–Crippen MR) is 79.9 cm³/mol. The Morgan fingerprint density at radius 2 is 2.16 bits per heavy atom. The largest absolute Gasteiger partial charge is 0.379 e. The molecule has 104 valence electrons. The predicted octanol–water partition coefficient (Wildman–Crippen LogP) is 2.75. The molecule has 0 atom stereocenters.